The first kappa shape index (κ1) is 13.0. The van der Waals surface area contributed by atoms with Crippen LogP contribution in [0.4, 0.5) is 4.79 Å². The zero-order chi connectivity index (χ0) is 12.7. The minimum Gasteiger partial charge on any atom is -0.478 e. The lowest BCUT2D eigenvalue weighted by molar-refractivity contribution is 0.0696. The lowest BCUT2D eigenvalue weighted by Gasteiger charge is -2.06. The van der Waals surface area contributed by atoms with Crippen molar-refractivity contribution in [1.29, 1.82) is 0 Å². The van der Waals surface area contributed by atoms with Crippen LogP contribution in [0.1, 0.15) is 15.9 Å². The molecule has 0 bridgehead atoms. The van der Waals surface area contributed by atoms with E-state index in [0.717, 1.165) is 5.56 Å². The number of primary amides is 1. The number of hydrogen-bond acceptors (Lipinski definition) is 3. The minimum atomic E-state index is -0.942. The van der Waals surface area contributed by atoms with E-state index in [4.69, 9.17) is 10.8 Å². The second-order valence-corrected chi connectivity index (χ2v) is 3.47. The molecule has 1 rings (SSSR count). The topological polar surface area (TPSA) is 104 Å². The number of aromatic carboxylic acids is 1. The van der Waals surface area contributed by atoms with Crippen LogP contribution in [0.3, 0.4) is 0 Å². The smallest absolute Gasteiger partial charge is 0.335 e. The van der Waals surface area contributed by atoms with E-state index in [2.05, 4.69) is 10.6 Å². The first-order chi connectivity index (χ1) is 8.09. The molecule has 0 aliphatic rings. The summed E-state index contributed by atoms with van der Waals surface area (Å²) >= 11 is 0. The monoisotopic (exact) mass is 237 g/mol. The molecule has 0 aromatic heterocycles. The Labute approximate surface area is 98.8 Å². The molecule has 0 spiro atoms. The number of urea groups is 1. The Kier molecular flexibility index (Phi) is 4.96. The Morgan fingerprint density at radius 3 is 2.71 bits per heavy atom. The zero-order valence-electron chi connectivity index (χ0n) is 9.27. The van der Waals surface area contributed by atoms with E-state index >= 15 is 0 Å². The van der Waals surface area contributed by atoms with Gasteiger partial charge in [0, 0.05) is 19.6 Å². The number of hydrogen-bond donors (Lipinski definition) is 4. The van der Waals surface area contributed by atoms with E-state index in [9.17, 15) is 9.59 Å². The molecule has 6 nitrogen and oxygen atoms in total. The summed E-state index contributed by atoms with van der Waals surface area (Å²) in [5.74, 6) is -0.942. The van der Waals surface area contributed by atoms with Gasteiger partial charge >= 0.3 is 12.0 Å². The predicted octanol–water partition coefficient (Wildman–Crippen LogP) is 0.143. The van der Waals surface area contributed by atoms with Crippen LogP contribution in [0.25, 0.3) is 0 Å². The standard InChI is InChI=1S/C11H15N3O3/c12-11(17)14-5-4-13-7-8-2-1-3-9(6-8)10(15)16/h1-3,6,13H,4-5,7H2,(H,15,16)(H3,12,14,17). The van der Waals surface area contributed by atoms with Crippen molar-refractivity contribution in [2.45, 2.75) is 6.54 Å². The molecule has 0 aliphatic heterocycles. The second kappa shape index (κ2) is 6.49. The van der Waals surface area contributed by atoms with Crippen molar-refractivity contribution in [2.75, 3.05) is 13.1 Å². The number of amides is 2. The van der Waals surface area contributed by atoms with Gasteiger partial charge in [0.1, 0.15) is 0 Å². The van der Waals surface area contributed by atoms with Gasteiger partial charge in [-0.2, -0.15) is 0 Å². The van der Waals surface area contributed by atoms with Crippen LogP contribution in [0.2, 0.25) is 0 Å². The molecule has 5 N–H and O–H groups in total. The SMILES string of the molecule is NC(=O)NCCNCc1cccc(C(=O)O)c1. The molecule has 92 valence electrons. The number of nitrogens with two attached hydrogens (primary N) is 1. The summed E-state index contributed by atoms with van der Waals surface area (Å²) in [5, 5.41) is 14.3. The average molecular weight is 237 g/mol. The van der Waals surface area contributed by atoms with Gasteiger partial charge in [-0.1, -0.05) is 12.1 Å². The maximum Gasteiger partial charge on any atom is 0.335 e. The summed E-state index contributed by atoms with van der Waals surface area (Å²) in [6, 6.07) is 6.13. The number of carboxylic acid groups (broad SMARTS) is 1. The summed E-state index contributed by atoms with van der Waals surface area (Å²) < 4.78 is 0. The van der Waals surface area contributed by atoms with E-state index in [1.807, 2.05) is 6.07 Å². The zero-order valence-corrected chi connectivity index (χ0v) is 9.27. The Morgan fingerprint density at radius 1 is 1.29 bits per heavy atom. The molecular weight excluding hydrogens is 222 g/mol. The highest BCUT2D eigenvalue weighted by atomic mass is 16.4. The average Bonchev–Trinajstić information content (AvgIpc) is 2.28. The van der Waals surface area contributed by atoms with E-state index in [-0.39, 0.29) is 5.56 Å². The van der Waals surface area contributed by atoms with E-state index < -0.39 is 12.0 Å². The highest BCUT2D eigenvalue weighted by Crippen LogP contribution is 2.04. The Balaban J connectivity index is 2.34. The quantitative estimate of drug-likeness (QED) is 0.528. The summed E-state index contributed by atoms with van der Waals surface area (Å²) in [6.45, 7) is 1.55. The molecule has 0 aliphatic carbocycles. The van der Waals surface area contributed by atoms with Gasteiger partial charge in [0.15, 0.2) is 0 Å². The van der Waals surface area contributed by atoms with Crippen LogP contribution >= 0.6 is 0 Å². The van der Waals surface area contributed by atoms with Crippen LogP contribution in [-0.2, 0) is 6.54 Å². The van der Waals surface area contributed by atoms with Crippen LogP contribution < -0.4 is 16.4 Å². The van der Waals surface area contributed by atoms with E-state index in [1.165, 1.54) is 0 Å². The summed E-state index contributed by atoms with van der Waals surface area (Å²) in [4.78, 5) is 21.1. The molecule has 0 atom stereocenters. The number of carbonyl (C=O) groups is 2. The molecule has 0 saturated heterocycles. The van der Waals surface area contributed by atoms with Crippen molar-refractivity contribution in [3.05, 3.63) is 35.4 Å². The predicted molar refractivity (Wildman–Crippen MR) is 62.7 cm³/mol. The molecule has 17 heavy (non-hydrogen) atoms. The molecule has 6 heteroatoms. The van der Waals surface area contributed by atoms with Crippen molar-refractivity contribution in [3.8, 4) is 0 Å². The van der Waals surface area contributed by atoms with Crippen molar-refractivity contribution < 1.29 is 14.7 Å². The number of benzene rings is 1. The van der Waals surface area contributed by atoms with Crippen molar-refractivity contribution >= 4 is 12.0 Å². The normalized spacial score (nSPS) is 9.88. The largest absolute Gasteiger partial charge is 0.478 e. The molecule has 1 aromatic carbocycles. The van der Waals surface area contributed by atoms with Gasteiger partial charge in [0.25, 0.3) is 0 Å². The van der Waals surface area contributed by atoms with Crippen LogP contribution in [-0.4, -0.2) is 30.2 Å². The van der Waals surface area contributed by atoms with E-state index in [1.54, 1.807) is 18.2 Å². The number of carboxylic acids is 1. The first-order valence-electron chi connectivity index (χ1n) is 5.16. The van der Waals surface area contributed by atoms with Gasteiger partial charge in [-0.3, -0.25) is 0 Å². The van der Waals surface area contributed by atoms with Gasteiger partial charge < -0.3 is 21.5 Å². The van der Waals surface area contributed by atoms with Crippen LogP contribution in [0.5, 0.6) is 0 Å². The van der Waals surface area contributed by atoms with Gasteiger partial charge in [0.2, 0.25) is 0 Å². The molecule has 0 fully saturated rings. The molecule has 0 heterocycles. The number of carbonyl (C=O) groups excluding carboxylic acids is 1. The fourth-order valence-corrected chi connectivity index (χ4v) is 1.32. The molecule has 2 amide bonds. The van der Waals surface area contributed by atoms with Crippen LogP contribution in [0.15, 0.2) is 24.3 Å². The second-order valence-electron chi connectivity index (χ2n) is 3.47. The lowest BCUT2D eigenvalue weighted by atomic mass is 10.1. The Morgan fingerprint density at radius 2 is 2.06 bits per heavy atom. The molecular formula is C11H15N3O3. The Hall–Kier alpha value is -2.08. The van der Waals surface area contributed by atoms with Gasteiger partial charge in [-0.15, -0.1) is 0 Å². The van der Waals surface area contributed by atoms with Gasteiger partial charge in [-0.05, 0) is 17.7 Å². The Bertz CT molecular complexity index is 407. The van der Waals surface area contributed by atoms with Gasteiger partial charge in [0.05, 0.1) is 5.56 Å². The fourth-order valence-electron chi connectivity index (χ4n) is 1.32. The first-order valence-corrected chi connectivity index (χ1v) is 5.16. The van der Waals surface area contributed by atoms with Gasteiger partial charge in [-0.25, -0.2) is 9.59 Å². The molecule has 1 aromatic rings. The van der Waals surface area contributed by atoms with Crippen molar-refractivity contribution in [2.24, 2.45) is 5.73 Å². The third kappa shape index (κ3) is 4.98. The maximum absolute atomic E-state index is 10.7. The fraction of sp³-hybridized carbons (Fsp3) is 0.273. The van der Waals surface area contributed by atoms with Crippen molar-refractivity contribution in [3.63, 3.8) is 0 Å². The summed E-state index contributed by atoms with van der Waals surface area (Å²) in [5.41, 5.74) is 6.04. The summed E-state index contributed by atoms with van der Waals surface area (Å²) in [7, 11) is 0. The van der Waals surface area contributed by atoms with E-state index in [0.29, 0.717) is 19.6 Å². The van der Waals surface area contributed by atoms with Crippen molar-refractivity contribution in [1.82, 2.24) is 10.6 Å². The lowest BCUT2D eigenvalue weighted by Crippen LogP contribution is -2.35. The summed E-state index contributed by atoms with van der Waals surface area (Å²) in [6.07, 6.45) is 0. The number of nitrogens with one attached hydrogen (secondary N) is 2. The third-order valence-electron chi connectivity index (χ3n) is 2.10. The molecule has 0 unspecified atom stereocenters. The highest BCUT2D eigenvalue weighted by Gasteiger charge is 2.02. The minimum absolute atomic E-state index is 0.263. The third-order valence-corrected chi connectivity index (χ3v) is 2.10. The molecule has 0 saturated carbocycles. The van der Waals surface area contributed by atoms with Crippen LogP contribution in [0, 0.1) is 0 Å². The highest BCUT2D eigenvalue weighted by molar-refractivity contribution is 5.87. The number of rotatable bonds is 6. The molecule has 0 radical (unpaired) electrons. The maximum atomic E-state index is 10.7.